The number of rotatable bonds is 3. The van der Waals surface area contributed by atoms with Crippen LogP contribution in [0.25, 0.3) is 0 Å². The molecule has 3 fully saturated rings. The quantitative estimate of drug-likeness (QED) is 0.713. The van der Waals surface area contributed by atoms with Crippen molar-refractivity contribution in [2.24, 2.45) is 5.92 Å². The van der Waals surface area contributed by atoms with E-state index in [0.29, 0.717) is 50.1 Å². The first-order valence-electron chi connectivity index (χ1n) is 9.77. The predicted molar refractivity (Wildman–Crippen MR) is 104 cm³/mol. The number of carbonyl (C=O) groups is 3. The summed E-state index contributed by atoms with van der Waals surface area (Å²) in [4.78, 5) is 43.2. The van der Waals surface area contributed by atoms with Gasteiger partial charge in [0.2, 0.25) is 11.8 Å². The predicted octanol–water partition coefficient (Wildman–Crippen LogP) is 1.54. The van der Waals surface area contributed by atoms with Crippen molar-refractivity contribution in [3.8, 4) is 0 Å². The molecule has 1 aromatic rings. The van der Waals surface area contributed by atoms with Crippen molar-refractivity contribution in [2.75, 3.05) is 44.3 Å². The number of likely N-dealkylation sites (tertiary alicyclic amines) is 1. The highest BCUT2D eigenvalue weighted by Gasteiger charge is 2.44. The van der Waals surface area contributed by atoms with Crippen molar-refractivity contribution in [1.82, 2.24) is 9.80 Å². The Balaban J connectivity index is 1.37. The van der Waals surface area contributed by atoms with Gasteiger partial charge >= 0.3 is 0 Å². The molecule has 0 spiro atoms. The van der Waals surface area contributed by atoms with Gasteiger partial charge in [-0.2, -0.15) is 0 Å². The Labute approximate surface area is 169 Å². The van der Waals surface area contributed by atoms with Crippen molar-refractivity contribution >= 4 is 35.0 Å². The van der Waals surface area contributed by atoms with Gasteiger partial charge < -0.3 is 9.64 Å². The monoisotopic (exact) mass is 405 g/mol. The van der Waals surface area contributed by atoms with Gasteiger partial charge in [0.1, 0.15) is 0 Å². The van der Waals surface area contributed by atoms with Crippen LogP contribution < -0.4 is 4.90 Å². The molecule has 3 saturated heterocycles. The van der Waals surface area contributed by atoms with Gasteiger partial charge in [0.05, 0.1) is 31.4 Å². The molecule has 1 atom stereocenters. The number of imide groups is 1. The number of benzene rings is 1. The zero-order chi connectivity index (χ0) is 19.7. The van der Waals surface area contributed by atoms with Gasteiger partial charge in [-0.15, -0.1) is 0 Å². The average molecular weight is 406 g/mol. The van der Waals surface area contributed by atoms with Crippen LogP contribution in [0.15, 0.2) is 24.3 Å². The lowest BCUT2D eigenvalue weighted by molar-refractivity contribution is -0.141. The first-order chi connectivity index (χ1) is 13.5. The summed E-state index contributed by atoms with van der Waals surface area (Å²) >= 11 is 5.90. The molecular formula is C20H24ClN3O4. The molecule has 3 amide bonds. The second-order valence-corrected chi connectivity index (χ2v) is 7.95. The Hall–Kier alpha value is -1.96. The highest BCUT2D eigenvalue weighted by molar-refractivity contribution is 6.30. The smallest absolute Gasteiger partial charge is 0.251 e. The van der Waals surface area contributed by atoms with E-state index in [2.05, 4.69) is 4.90 Å². The van der Waals surface area contributed by atoms with E-state index in [4.69, 9.17) is 16.3 Å². The van der Waals surface area contributed by atoms with Crippen LogP contribution in [-0.4, -0.2) is 73.0 Å². The van der Waals surface area contributed by atoms with Gasteiger partial charge in [-0.25, -0.2) is 4.90 Å². The average Bonchev–Trinajstić information content (AvgIpc) is 3.03. The number of morpholine rings is 1. The van der Waals surface area contributed by atoms with Crippen LogP contribution in [0.4, 0.5) is 5.69 Å². The highest BCUT2D eigenvalue weighted by atomic mass is 35.5. The van der Waals surface area contributed by atoms with Gasteiger partial charge in [-0.3, -0.25) is 19.3 Å². The van der Waals surface area contributed by atoms with Crippen molar-refractivity contribution < 1.29 is 19.1 Å². The van der Waals surface area contributed by atoms with Crippen molar-refractivity contribution in [3.05, 3.63) is 29.3 Å². The molecule has 3 heterocycles. The van der Waals surface area contributed by atoms with Gasteiger partial charge in [-0.1, -0.05) is 11.6 Å². The molecule has 0 N–H and O–H groups in total. The number of anilines is 1. The number of nitrogens with zero attached hydrogens (tertiary/aromatic N) is 3. The minimum absolute atomic E-state index is 0.00563. The van der Waals surface area contributed by atoms with Gasteiger partial charge in [0.15, 0.2) is 0 Å². The van der Waals surface area contributed by atoms with Crippen LogP contribution in [0.2, 0.25) is 5.02 Å². The summed E-state index contributed by atoms with van der Waals surface area (Å²) < 4.78 is 5.31. The van der Waals surface area contributed by atoms with Crippen LogP contribution in [0, 0.1) is 5.92 Å². The Bertz CT molecular complexity index is 755. The number of hydrogen-bond donors (Lipinski definition) is 0. The van der Waals surface area contributed by atoms with E-state index in [1.165, 1.54) is 4.90 Å². The minimum Gasteiger partial charge on any atom is -0.378 e. The summed E-state index contributed by atoms with van der Waals surface area (Å²) in [7, 11) is 0. The number of piperidine rings is 1. The first kappa shape index (κ1) is 19.4. The lowest BCUT2D eigenvalue weighted by Crippen LogP contribution is -2.50. The molecule has 4 rings (SSSR count). The Morgan fingerprint density at radius 2 is 1.64 bits per heavy atom. The molecule has 1 aromatic carbocycles. The molecule has 0 radical (unpaired) electrons. The normalized spacial score (nSPS) is 24.8. The van der Waals surface area contributed by atoms with Crippen LogP contribution in [0.5, 0.6) is 0 Å². The Morgan fingerprint density at radius 3 is 2.29 bits per heavy atom. The lowest BCUT2D eigenvalue weighted by atomic mass is 9.94. The molecule has 0 saturated carbocycles. The summed E-state index contributed by atoms with van der Waals surface area (Å²) in [5.41, 5.74) is 0.555. The third-order valence-electron chi connectivity index (χ3n) is 5.85. The maximum Gasteiger partial charge on any atom is 0.251 e. The third kappa shape index (κ3) is 3.79. The van der Waals surface area contributed by atoms with E-state index >= 15 is 0 Å². The van der Waals surface area contributed by atoms with Crippen LogP contribution in [0.3, 0.4) is 0 Å². The number of amides is 3. The number of ether oxygens (including phenoxy) is 1. The van der Waals surface area contributed by atoms with E-state index in [-0.39, 0.29) is 30.1 Å². The molecular weight excluding hydrogens is 382 g/mol. The zero-order valence-corrected chi connectivity index (χ0v) is 16.4. The number of carbonyl (C=O) groups excluding carboxylic acids is 3. The molecule has 28 heavy (non-hydrogen) atoms. The van der Waals surface area contributed by atoms with E-state index < -0.39 is 6.04 Å². The second-order valence-electron chi connectivity index (χ2n) is 7.51. The lowest BCUT2D eigenvalue weighted by Gasteiger charge is -2.37. The van der Waals surface area contributed by atoms with Crippen molar-refractivity contribution in [1.29, 1.82) is 0 Å². The van der Waals surface area contributed by atoms with Gasteiger partial charge in [-0.05, 0) is 50.2 Å². The summed E-state index contributed by atoms with van der Waals surface area (Å²) in [5.74, 6) is -0.192. The van der Waals surface area contributed by atoms with E-state index in [1.807, 2.05) is 4.90 Å². The summed E-state index contributed by atoms with van der Waals surface area (Å²) in [5, 5.41) is 0.561. The summed E-state index contributed by atoms with van der Waals surface area (Å²) in [6.07, 6.45) is 1.62. The van der Waals surface area contributed by atoms with Crippen molar-refractivity contribution in [3.63, 3.8) is 0 Å². The van der Waals surface area contributed by atoms with Crippen LogP contribution in [-0.2, 0) is 19.1 Å². The maximum atomic E-state index is 12.9. The standard InChI is InChI=1S/C20H24ClN3O4/c21-15-1-3-16(4-2-15)24-18(25)13-17(20(24)27)22-7-5-14(6-8-22)19(26)23-9-11-28-12-10-23/h1-4,14,17H,5-13H2/t17-/m0/s1. The van der Waals surface area contributed by atoms with Gasteiger partial charge in [0.25, 0.3) is 5.91 Å². The molecule has 8 heteroatoms. The topological polar surface area (TPSA) is 70.2 Å². The maximum absolute atomic E-state index is 12.9. The SMILES string of the molecule is O=C(C1CCN([C@H]2CC(=O)N(c3ccc(Cl)cc3)C2=O)CC1)N1CCOCC1. The van der Waals surface area contributed by atoms with Crippen LogP contribution in [0.1, 0.15) is 19.3 Å². The summed E-state index contributed by atoms with van der Waals surface area (Å²) in [6.45, 7) is 3.82. The zero-order valence-electron chi connectivity index (χ0n) is 15.7. The largest absolute Gasteiger partial charge is 0.378 e. The molecule has 3 aliphatic heterocycles. The van der Waals surface area contributed by atoms with E-state index in [1.54, 1.807) is 24.3 Å². The van der Waals surface area contributed by atoms with Crippen LogP contribution >= 0.6 is 11.6 Å². The molecule has 0 aromatic heterocycles. The number of hydrogen-bond acceptors (Lipinski definition) is 5. The number of halogens is 1. The van der Waals surface area contributed by atoms with E-state index in [9.17, 15) is 14.4 Å². The Kier molecular flexibility index (Phi) is 5.66. The fourth-order valence-corrected chi connectivity index (χ4v) is 4.39. The molecule has 3 aliphatic rings. The highest BCUT2D eigenvalue weighted by Crippen LogP contribution is 2.30. The minimum atomic E-state index is -0.442. The second kappa shape index (κ2) is 8.19. The third-order valence-corrected chi connectivity index (χ3v) is 6.10. The fraction of sp³-hybridized carbons (Fsp3) is 0.550. The Morgan fingerprint density at radius 1 is 1.00 bits per heavy atom. The van der Waals surface area contributed by atoms with E-state index in [0.717, 1.165) is 12.8 Å². The molecule has 0 unspecified atom stereocenters. The molecule has 7 nitrogen and oxygen atoms in total. The fourth-order valence-electron chi connectivity index (χ4n) is 4.26. The molecule has 0 aliphatic carbocycles. The van der Waals surface area contributed by atoms with Gasteiger partial charge in [0, 0.05) is 24.0 Å². The molecule has 0 bridgehead atoms. The van der Waals surface area contributed by atoms with Crippen molar-refractivity contribution in [2.45, 2.75) is 25.3 Å². The first-order valence-corrected chi connectivity index (χ1v) is 10.2. The molecule has 150 valence electrons. The summed E-state index contributed by atoms with van der Waals surface area (Å²) in [6, 6.07) is 6.28.